The van der Waals surface area contributed by atoms with Gasteiger partial charge in [-0.05, 0) is 19.8 Å². The third-order valence-electron chi connectivity index (χ3n) is 2.76. The van der Waals surface area contributed by atoms with Crippen LogP contribution in [-0.4, -0.2) is 47.2 Å². The molecule has 0 radical (unpaired) electrons. The first kappa shape index (κ1) is 11.6. The second kappa shape index (κ2) is 4.15. The summed E-state index contributed by atoms with van der Waals surface area (Å²) in [5.41, 5.74) is 0.528. The first-order chi connectivity index (χ1) is 7.51. The molecule has 1 unspecified atom stereocenters. The average molecular weight is 245 g/mol. The predicted molar refractivity (Wildman–Crippen MR) is 57.3 cm³/mol. The number of β-amino-alcohol motifs (C(OH)–C–C–N with tert-alkyl or cyclic N) is 1. The molecule has 0 saturated carbocycles. The molecule has 0 spiro atoms. The third kappa shape index (κ3) is 1.98. The number of aromatic nitrogens is 2. The van der Waals surface area contributed by atoms with E-state index in [0.29, 0.717) is 25.1 Å². The Bertz CT molecular complexity index is 468. The Morgan fingerprint density at radius 2 is 2.38 bits per heavy atom. The highest BCUT2D eigenvalue weighted by Gasteiger charge is 2.31. The maximum Gasteiger partial charge on any atom is 0.246 e. The Labute approximate surface area is 94.3 Å². The fourth-order valence-corrected chi connectivity index (χ4v) is 3.51. The second-order valence-electron chi connectivity index (χ2n) is 4.02. The van der Waals surface area contributed by atoms with E-state index in [9.17, 15) is 13.5 Å². The van der Waals surface area contributed by atoms with Gasteiger partial charge in [0.15, 0.2) is 0 Å². The lowest BCUT2D eigenvalue weighted by Crippen LogP contribution is -2.42. The van der Waals surface area contributed by atoms with Crippen LogP contribution in [0.5, 0.6) is 0 Å². The Morgan fingerprint density at radius 3 is 2.94 bits per heavy atom. The lowest BCUT2D eigenvalue weighted by molar-refractivity contribution is 0.108. The first-order valence-corrected chi connectivity index (χ1v) is 6.64. The van der Waals surface area contributed by atoms with Crippen LogP contribution in [0.15, 0.2) is 11.1 Å². The van der Waals surface area contributed by atoms with Crippen LogP contribution in [0.25, 0.3) is 0 Å². The lowest BCUT2D eigenvalue weighted by Gasteiger charge is -2.28. The minimum Gasteiger partial charge on any atom is -0.392 e. The number of aryl methyl sites for hydroxylation is 1. The van der Waals surface area contributed by atoms with Crippen molar-refractivity contribution in [3.05, 3.63) is 11.9 Å². The zero-order chi connectivity index (χ0) is 11.8. The maximum absolute atomic E-state index is 12.2. The van der Waals surface area contributed by atoms with E-state index in [1.54, 1.807) is 6.92 Å². The largest absolute Gasteiger partial charge is 0.392 e. The molecule has 1 saturated heterocycles. The van der Waals surface area contributed by atoms with Crippen LogP contribution < -0.4 is 0 Å². The van der Waals surface area contributed by atoms with Crippen molar-refractivity contribution in [2.24, 2.45) is 0 Å². The quantitative estimate of drug-likeness (QED) is 0.759. The van der Waals surface area contributed by atoms with Gasteiger partial charge in [0.1, 0.15) is 4.90 Å². The van der Waals surface area contributed by atoms with Crippen LogP contribution in [-0.2, 0) is 10.0 Å². The number of sulfonamides is 1. The van der Waals surface area contributed by atoms with Gasteiger partial charge in [0, 0.05) is 13.1 Å². The molecule has 1 aliphatic heterocycles. The number of hydrogen-bond donors (Lipinski definition) is 2. The van der Waals surface area contributed by atoms with E-state index in [4.69, 9.17) is 0 Å². The van der Waals surface area contributed by atoms with Gasteiger partial charge in [0.05, 0.1) is 18.0 Å². The summed E-state index contributed by atoms with van der Waals surface area (Å²) in [5, 5.41) is 15.8. The molecule has 0 amide bonds. The summed E-state index contributed by atoms with van der Waals surface area (Å²) in [6, 6.07) is 0. The predicted octanol–water partition coefficient (Wildman–Crippen LogP) is -0.136. The van der Waals surface area contributed by atoms with E-state index in [1.165, 1.54) is 10.5 Å². The van der Waals surface area contributed by atoms with Crippen LogP contribution in [0.1, 0.15) is 18.5 Å². The van der Waals surface area contributed by atoms with Gasteiger partial charge in [-0.3, -0.25) is 5.10 Å². The van der Waals surface area contributed by atoms with Crippen LogP contribution in [0, 0.1) is 6.92 Å². The average Bonchev–Trinajstić information content (AvgIpc) is 2.65. The summed E-state index contributed by atoms with van der Waals surface area (Å²) < 4.78 is 25.7. The first-order valence-electron chi connectivity index (χ1n) is 5.20. The van der Waals surface area contributed by atoms with Crippen molar-refractivity contribution in [2.75, 3.05) is 13.1 Å². The molecule has 7 heteroatoms. The van der Waals surface area contributed by atoms with Crippen molar-refractivity contribution in [1.82, 2.24) is 14.5 Å². The van der Waals surface area contributed by atoms with Gasteiger partial charge in [-0.1, -0.05) is 0 Å². The van der Waals surface area contributed by atoms with Gasteiger partial charge >= 0.3 is 0 Å². The molecule has 2 heterocycles. The molecular weight excluding hydrogens is 230 g/mol. The molecule has 2 rings (SSSR count). The highest BCUT2D eigenvalue weighted by atomic mass is 32.2. The van der Waals surface area contributed by atoms with E-state index < -0.39 is 16.1 Å². The van der Waals surface area contributed by atoms with Gasteiger partial charge in [0.2, 0.25) is 10.0 Å². The summed E-state index contributed by atoms with van der Waals surface area (Å²) >= 11 is 0. The molecule has 6 nitrogen and oxygen atoms in total. The standard InChI is InChI=1S/C9H15N3O3S/c1-7-9(5-10-11-7)16(14,15)12-4-2-3-8(13)6-12/h5,8,13H,2-4,6H2,1H3,(H,10,11). The SMILES string of the molecule is Cc1[nH]ncc1S(=O)(=O)N1CCCC(O)C1. The number of aliphatic hydroxyl groups is 1. The molecule has 1 aliphatic rings. The van der Waals surface area contributed by atoms with Crippen molar-refractivity contribution in [3.8, 4) is 0 Å². The number of nitrogens with one attached hydrogen (secondary N) is 1. The topological polar surface area (TPSA) is 86.3 Å². The summed E-state index contributed by atoms with van der Waals surface area (Å²) in [5.74, 6) is 0. The molecule has 0 aromatic carbocycles. The smallest absolute Gasteiger partial charge is 0.246 e. The molecule has 90 valence electrons. The van der Waals surface area contributed by atoms with Crippen molar-refractivity contribution in [3.63, 3.8) is 0 Å². The minimum atomic E-state index is -3.50. The highest BCUT2D eigenvalue weighted by Crippen LogP contribution is 2.21. The Hall–Kier alpha value is -0.920. The number of piperidine rings is 1. The Balaban J connectivity index is 2.29. The van der Waals surface area contributed by atoms with Crippen LogP contribution in [0.3, 0.4) is 0 Å². The Morgan fingerprint density at radius 1 is 1.62 bits per heavy atom. The van der Waals surface area contributed by atoms with Gasteiger partial charge in [0.25, 0.3) is 0 Å². The van der Waals surface area contributed by atoms with Crippen molar-refractivity contribution >= 4 is 10.0 Å². The number of hydrogen-bond acceptors (Lipinski definition) is 4. The highest BCUT2D eigenvalue weighted by molar-refractivity contribution is 7.89. The van der Waals surface area contributed by atoms with Gasteiger partial charge in [-0.15, -0.1) is 0 Å². The summed E-state index contributed by atoms with van der Waals surface area (Å²) in [6.45, 7) is 2.30. The number of nitrogens with zero attached hydrogens (tertiary/aromatic N) is 2. The normalized spacial score (nSPS) is 23.5. The van der Waals surface area contributed by atoms with Crippen molar-refractivity contribution in [1.29, 1.82) is 0 Å². The molecule has 1 fully saturated rings. The van der Waals surface area contributed by atoms with Crippen LogP contribution >= 0.6 is 0 Å². The van der Waals surface area contributed by atoms with Crippen molar-refractivity contribution < 1.29 is 13.5 Å². The van der Waals surface area contributed by atoms with Crippen LogP contribution in [0.4, 0.5) is 0 Å². The zero-order valence-electron chi connectivity index (χ0n) is 9.05. The molecule has 1 aromatic rings. The van der Waals surface area contributed by atoms with Crippen molar-refractivity contribution in [2.45, 2.75) is 30.8 Å². The summed E-state index contributed by atoms with van der Waals surface area (Å²) in [7, 11) is -3.50. The number of rotatable bonds is 2. The molecule has 1 atom stereocenters. The molecule has 16 heavy (non-hydrogen) atoms. The fraction of sp³-hybridized carbons (Fsp3) is 0.667. The molecule has 0 aliphatic carbocycles. The number of aliphatic hydroxyl groups excluding tert-OH is 1. The number of H-pyrrole nitrogens is 1. The minimum absolute atomic E-state index is 0.174. The molecule has 0 bridgehead atoms. The molecule has 2 N–H and O–H groups in total. The molecule has 1 aromatic heterocycles. The fourth-order valence-electron chi connectivity index (χ4n) is 1.88. The zero-order valence-corrected chi connectivity index (χ0v) is 9.87. The monoisotopic (exact) mass is 245 g/mol. The van der Waals surface area contributed by atoms with Crippen LogP contribution in [0.2, 0.25) is 0 Å². The second-order valence-corrected chi connectivity index (χ2v) is 5.92. The summed E-state index contributed by atoms with van der Waals surface area (Å²) in [6.07, 6.45) is 2.11. The Kier molecular flexibility index (Phi) is 3.00. The third-order valence-corrected chi connectivity index (χ3v) is 4.74. The summed E-state index contributed by atoms with van der Waals surface area (Å²) in [4.78, 5) is 0.196. The van der Waals surface area contributed by atoms with E-state index in [1.807, 2.05) is 0 Å². The maximum atomic E-state index is 12.2. The van der Waals surface area contributed by atoms with E-state index in [2.05, 4.69) is 10.2 Å². The van der Waals surface area contributed by atoms with Gasteiger partial charge < -0.3 is 5.11 Å². The van der Waals surface area contributed by atoms with E-state index in [0.717, 1.165) is 0 Å². The van der Waals surface area contributed by atoms with Gasteiger partial charge in [-0.25, -0.2) is 8.42 Å². The van der Waals surface area contributed by atoms with E-state index in [-0.39, 0.29) is 11.4 Å². The van der Waals surface area contributed by atoms with E-state index >= 15 is 0 Å². The lowest BCUT2D eigenvalue weighted by atomic mass is 10.1. The number of aromatic amines is 1. The van der Waals surface area contributed by atoms with Gasteiger partial charge in [-0.2, -0.15) is 9.40 Å². The molecular formula is C9H15N3O3S.